The molecule has 0 radical (unpaired) electrons. The van der Waals surface area contributed by atoms with Gasteiger partial charge in [-0.2, -0.15) is 0 Å². The van der Waals surface area contributed by atoms with Gasteiger partial charge in [0.1, 0.15) is 29.1 Å². The molecule has 1 aliphatic carbocycles. The van der Waals surface area contributed by atoms with E-state index in [-0.39, 0.29) is 19.4 Å². The molecule has 182 valence electrons. The van der Waals surface area contributed by atoms with Crippen molar-refractivity contribution in [2.75, 3.05) is 6.54 Å². The summed E-state index contributed by atoms with van der Waals surface area (Å²) in [5, 5.41) is 12.5. The molecule has 2 atom stereocenters. The molecule has 0 unspecified atom stereocenters. The van der Waals surface area contributed by atoms with E-state index in [0.717, 1.165) is 10.8 Å². The third-order valence-electron chi connectivity index (χ3n) is 6.30. The Balaban J connectivity index is 1.76. The molecule has 1 aromatic carbocycles. The number of aromatic nitrogens is 1. The van der Waals surface area contributed by atoms with Crippen molar-refractivity contribution in [3.63, 3.8) is 0 Å². The van der Waals surface area contributed by atoms with Crippen LogP contribution in [0.1, 0.15) is 58.6 Å². The van der Waals surface area contributed by atoms with Crippen molar-refractivity contribution in [3.05, 3.63) is 62.8 Å². The number of hydrogen-bond donors (Lipinski definition) is 2. The number of pyridine rings is 1. The zero-order valence-electron chi connectivity index (χ0n) is 17.9. The Kier molecular flexibility index (Phi) is 5.86. The van der Waals surface area contributed by atoms with Gasteiger partial charge in [-0.15, -0.1) is 0 Å². The number of halogens is 5. The molecular weight excluding hydrogens is 465 g/mol. The van der Waals surface area contributed by atoms with Gasteiger partial charge < -0.3 is 19.9 Å². The zero-order valence-corrected chi connectivity index (χ0v) is 17.9. The van der Waals surface area contributed by atoms with Crippen molar-refractivity contribution in [2.45, 2.75) is 50.7 Å². The van der Waals surface area contributed by atoms with Gasteiger partial charge in [0.2, 0.25) is 5.43 Å². The van der Waals surface area contributed by atoms with E-state index >= 15 is 0 Å². The highest BCUT2D eigenvalue weighted by atomic mass is 19.3. The average molecular weight is 485 g/mol. The van der Waals surface area contributed by atoms with Crippen LogP contribution in [-0.2, 0) is 6.54 Å². The van der Waals surface area contributed by atoms with Crippen LogP contribution >= 0.6 is 0 Å². The summed E-state index contributed by atoms with van der Waals surface area (Å²) in [5.74, 6) is -10.2. The molecule has 2 aromatic rings. The predicted octanol–water partition coefficient (Wildman–Crippen LogP) is 3.11. The van der Waals surface area contributed by atoms with Gasteiger partial charge in [-0.1, -0.05) is 0 Å². The van der Waals surface area contributed by atoms with E-state index in [0.29, 0.717) is 12.1 Å². The molecule has 0 saturated heterocycles. The molecule has 2 heterocycles. The van der Waals surface area contributed by atoms with E-state index in [1.807, 2.05) is 0 Å². The van der Waals surface area contributed by atoms with E-state index in [4.69, 9.17) is 0 Å². The van der Waals surface area contributed by atoms with Crippen molar-refractivity contribution in [3.8, 4) is 5.75 Å². The summed E-state index contributed by atoms with van der Waals surface area (Å²) in [6.07, 6.45) is 0.696. The quantitative estimate of drug-likeness (QED) is 0.652. The minimum absolute atomic E-state index is 0.0702. The van der Waals surface area contributed by atoms with Crippen LogP contribution in [0.3, 0.4) is 0 Å². The minimum atomic E-state index is -3.30. The van der Waals surface area contributed by atoms with Gasteiger partial charge in [0.15, 0.2) is 11.4 Å². The molecule has 12 heteroatoms. The summed E-state index contributed by atoms with van der Waals surface area (Å²) in [5.41, 5.74) is -3.43. The van der Waals surface area contributed by atoms with Crippen LogP contribution in [0.15, 0.2) is 23.1 Å². The molecule has 1 fully saturated rings. The normalized spacial score (nSPS) is 21.1. The third kappa shape index (κ3) is 3.70. The molecule has 2 N–H and O–H groups in total. The molecule has 1 aliphatic heterocycles. The molecule has 0 spiro atoms. The number of benzene rings is 1. The smallest absolute Gasteiger partial charge is 0.274 e. The SMILES string of the molecule is CCN1C(=O)c2c(O)c(=O)c(C(=O)NCc3c(F)cc(F)cc3F)cn2[C@@H]2[C@H]1CCCC2(F)F. The number of rotatable bonds is 4. The summed E-state index contributed by atoms with van der Waals surface area (Å²) in [6, 6.07) is -1.74. The number of amides is 2. The zero-order chi connectivity index (χ0) is 24.9. The van der Waals surface area contributed by atoms with Crippen LogP contribution in [0.25, 0.3) is 0 Å². The molecule has 34 heavy (non-hydrogen) atoms. The van der Waals surface area contributed by atoms with Gasteiger partial charge in [0, 0.05) is 43.4 Å². The first-order valence-corrected chi connectivity index (χ1v) is 10.6. The summed E-state index contributed by atoms with van der Waals surface area (Å²) in [6.45, 7) is 0.867. The van der Waals surface area contributed by atoms with E-state index in [1.165, 1.54) is 4.90 Å². The van der Waals surface area contributed by atoms with Crippen molar-refractivity contribution >= 4 is 11.8 Å². The lowest BCUT2D eigenvalue weighted by atomic mass is 9.83. The monoisotopic (exact) mass is 485 g/mol. The predicted molar refractivity (Wildman–Crippen MR) is 108 cm³/mol. The second-order valence-corrected chi connectivity index (χ2v) is 8.26. The van der Waals surface area contributed by atoms with Gasteiger partial charge in [0.05, 0.1) is 6.04 Å². The third-order valence-corrected chi connectivity index (χ3v) is 6.30. The van der Waals surface area contributed by atoms with Crippen molar-refractivity contribution in [2.24, 2.45) is 0 Å². The molecule has 1 aromatic heterocycles. The summed E-state index contributed by atoms with van der Waals surface area (Å²) >= 11 is 0. The van der Waals surface area contributed by atoms with Crippen LogP contribution in [0.2, 0.25) is 0 Å². The van der Waals surface area contributed by atoms with E-state index in [2.05, 4.69) is 5.32 Å². The number of fused-ring (bicyclic) bond motifs is 3. The lowest BCUT2D eigenvalue weighted by Crippen LogP contribution is -2.58. The molecule has 7 nitrogen and oxygen atoms in total. The first-order chi connectivity index (χ1) is 16.0. The maximum atomic E-state index is 15.0. The Labute approximate surface area is 189 Å². The Hall–Kier alpha value is -3.44. The van der Waals surface area contributed by atoms with Crippen LogP contribution in [-0.4, -0.2) is 44.9 Å². The lowest BCUT2D eigenvalue weighted by molar-refractivity contribution is -0.111. The van der Waals surface area contributed by atoms with E-state index < -0.39 is 88.2 Å². The Morgan fingerprint density at radius 2 is 1.85 bits per heavy atom. The molecule has 1 saturated carbocycles. The number of aromatic hydroxyl groups is 1. The van der Waals surface area contributed by atoms with Crippen LogP contribution in [0, 0.1) is 17.5 Å². The minimum Gasteiger partial charge on any atom is -0.503 e. The van der Waals surface area contributed by atoms with Gasteiger partial charge >= 0.3 is 0 Å². The largest absolute Gasteiger partial charge is 0.503 e. The summed E-state index contributed by atoms with van der Waals surface area (Å²) in [4.78, 5) is 39.4. The van der Waals surface area contributed by atoms with Gasteiger partial charge in [-0.25, -0.2) is 22.0 Å². The molecular formula is C22H20F5N3O4. The van der Waals surface area contributed by atoms with Crippen molar-refractivity contribution in [1.82, 2.24) is 14.8 Å². The van der Waals surface area contributed by atoms with E-state index in [1.54, 1.807) is 6.92 Å². The fourth-order valence-electron chi connectivity index (χ4n) is 4.73. The van der Waals surface area contributed by atoms with Gasteiger partial charge in [0.25, 0.3) is 17.7 Å². The first-order valence-electron chi connectivity index (χ1n) is 10.6. The van der Waals surface area contributed by atoms with Crippen LogP contribution in [0.5, 0.6) is 5.75 Å². The summed E-state index contributed by atoms with van der Waals surface area (Å²) in [7, 11) is 0. The number of hydrogen-bond acceptors (Lipinski definition) is 4. The molecule has 4 rings (SSSR count). The topological polar surface area (TPSA) is 91.6 Å². The van der Waals surface area contributed by atoms with Crippen molar-refractivity contribution in [1.29, 1.82) is 0 Å². The van der Waals surface area contributed by atoms with Gasteiger partial charge in [-0.3, -0.25) is 14.4 Å². The second kappa shape index (κ2) is 8.41. The number of carbonyl (C=O) groups excluding carboxylic acids is 2. The highest BCUT2D eigenvalue weighted by molar-refractivity contribution is 5.99. The average Bonchev–Trinajstić information content (AvgIpc) is 2.74. The number of alkyl halides is 2. The number of nitrogens with zero attached hydrogens (tertiary/aromatic N) is 2. The lowest BCUT2D eigenvalue weighted by Gasteiger charge is -2.48. The Morgan fingerprint density at radius 1 is 1.21 bits per heavy atom. The van der Waals surface area contributed by atoms with Crippen LogP contribution in [0.4, 0.5) is 22.0 Å². The van der Waals surface area contributed by atoms with Gasteiger partial charge in [-0.05, 0) is 19.8 Å². The number of nitrogens with one attached hydrogen (secondary N) is 1. The standard InChI is InChI=1S/C22H20F5N3O4/c1-2-29-15-4-3-5-22(26,27)19(15)30-9-12(17(31)18(32)16(30)21(29)34)20(33)28-8-11-13(24)6-10(23)7-14(11)25/h6-7,9,15,19,32H,2-5,8H2,1H3,(H,28,33)/t15-,19-/m1/s1. The Bertz CT molecular complexity index is 1220. The van der Waals surface area contributed by atoms with Crippen molar-refractivity contribution < 1.29 is 36.6 Å². The highest BCUT2D eigenvalue weighted by Gasteiger charge is 2.54. The number of carbonyl (C=O) groups is 2. The summed E-state index contributed by atoms with van der Waals surface area (Å²) < 4.78 is 71.5. The number of likely N-dealkylation sites (N-methyl/N-ethyl adjacent to an activating group) is 1. The molecule has 2 aliphatic rings. The first kappa shape index (κ1) is 23.7. The molecule has 2 amide bonds. The highest BCUT2D eigenvalue weighted by Crippen LogP contribution is 2.47. The second-order valence-electron chi connectivity index (χ2n) is 8.26. The Morgan fingerprint density at radius 3 is 2.47 bits per heavy atom. The molecule has 0 bridgehead atoms. The maximum Gasteiger partial charge on any atom is 0.274 e. The fourth-order valence-corrected chi connectivity index (χ4v) is 4.73. The fraction of sp³-hybridized carbons (Fsp3) is 0.409. The maximum absolute atomic E-state index is 15.0. The van der Waals surface area contributed by atoms with Crippen LogP contribution < -0.4 is 10.7 Å². The van der Waals surface area contributed by atoms with E-state index in [9.17, 15) is 41.4 Å².